The van der Waals surface area contributed by atoms with Crippen LogP contribution in [-0.2, 0) is 5.41 Å². The number of fused-ring (bicyclic) bond motifs is 7. The molecule has 286 valence electrons. The lowest BCUT2D eigenvalue weighted by atomic mass is 9.74. The van der Waals surface area contributed by atoms with Crippen LogP contribution in [0.25, 0.3) is 98.2 Å². The molecule has 2 heterocycles. The highest BCUT2D eigenvalue weighted by Gasteiger charge is 2.41. The second kappa shape index (κ2) is 14.1. The van der Waals surface area contributed by atoms with Crippen LogP contribution in [0.2, 0.25) is 0 Å². The third-order valence-electron chi connectivity index (χ3n) is 12.8. The fourth-order valence-electron chi connectivity index (χ4n) is 9.83. The molecule has 1 aliphatic rings. The smallest absolute Gasteiger partial charge is 0.160 e. The quantitative estimate of drug-likeness (QED) is 0.168. The van der Waals surface area contributed by atoms with E-state index in [1.807, 2.05) is 17.4 Å². The van der Waals surface area contributed by atoms with Crippen molar-refractivity contribution in [1.29, 1.82) is 0 Å². The molecule has 12 rings (SSSR count). The maximum atomic E-state index is 5.37. The third kappa shape index (κ3) is 5.69. The Balaban J connectivity index is 1.07. The normalized spacial score (nSPS) is 14.4. The molecule has 0 saturated carbocycles. The third-order valence-corrected chi connectivity index (χ3v) is 13.9. The number of nitrogens with zero attached hydrogens (tertiary/aromatic N) is 2. The number of rotatable bonds is 6. The number of thiophene rings is 1. The number of hydrogen-bond donors (Lipinski definition) is 0. The van der Waals surface area contributed by atoms with Crippen LogP contribution in [-0.4, -0.2) is 9.97 Å². The van der Waals surface area contributed by atoms with E-state index >= 15 is 0 Å². The molecule has 2 aromatic heterocycles. The topological polar surface area (TPSA) is 25.8 Å². The molecule has 0 radical (unpaired) electrons. The average molecular weight is 795 g/mol. The van der Waals surface area contributed by atoms with E-state index in [0.29, 0.717) is 5.82 Å². The molecule has 61 heavy (non-hydrogen) atoms. The Morgan fingerprint density at radius 1 is 0.393 bits per heavy atom. The molecule has 0 bridgehead atoms. The fraction of sp³-hybridized carbons (Fsp3) is 0.0345. The minimum atomic E-state index is -0.311. The largest absolute Gasteiger partial charge is 0.228 e. The van der Waals surface area contributed by atoms with E-state index in [-0.39, 0.29) is 5.41 Å². The Bertz CT molecular complexity index is 3480. The summed E-state index contributed by atoms with van der Waals surface area (Å²) in [4.78, 5) is 10.7. The first-order valence-electron chi connectivity index (χ1n) is 20.9. The zero-order chi connectivity index (χ0) is 40.5. The number of benzene rings is 9. The van der Waals surface area contributed by atoms with Gasteiger partial charge in [-0.3, -0.25) is 0 Å². The molecule has 0 amide bonds. The first-order chi connectivity index (χ1) is 30.1. The van der Waals surface area contributed by atoms with Gasteiger partial charge < -0.3 is 0 Å². The van der Waals surface area contributed by atoms with Gasteiger partial charge in [-0.25, -0.2) is 9.97 Å². The van der Waals surface area contributed by atoms with Crippen LogP contribution in [0.4, 0.5) is 0 Å². The molecule has 11 aromatic rings. The molecule has 2 nitrogen and oxygen atoms in total. The SMILES string of the molecule is CC1(c2ccccc2)c2ccccc2-c2c(-c3cc(-c4cccc(-c5ccc6sc7cc8ccccc8cc7c6c5-c5ccccc5)c4)nc(-c4ccccc4)n3)cccc21. The summed E-state index contributed by atoms with van der Waals surface area (Å²) in [6, 6.07) is 76.9. The van der Waals surface area contributed by atoms with Crippen LogP contribution < -0.4 is 0 Å². The van der Waals surface area contributed by atoms with Crippen molar-refractivity contribution in [2.45, 2.75) is 12.3 Å². The monoisotopic (exact) mass is 794 g/mol. The molecule has 1 unspecified atom stereocenters. The maximum absolute atomic E-state index is 5.37. The maximum Gasteiger partial charge on any atom is 0.160 e. The molecule has 0 saturated heterocycles. The first-order valence-corrected chi connectivity index (χ1v) is 21.7. The van der Waals surface area contributed by atoms with Gasteiger partial charge in [0.1, 0.15) is 0 Å². The van der Waals surface area contributed by atoms with Gasteiger partial charge in [0.05, 0.1) is 11.4 Å². The molecule has 1 aliphatic carbocycles. The molecule has 0 N–H and O–H groups in total. The van der Waals surface area contributed by atoms with Gasteiger partial charge in [-0.05, 0) is 98.1 Å². The number of aromatic nitrogens is 2. The second-order valence-corrected chi connectivity index (χ2v) is 17.3. The van der Waals surface area contributed by atoms with Crippen molar-refractivity contribution in [2.24, 2.45) is 0 Å². The molecule has 0 spiro atoms. The van der Waals surface area contributed by atoms with Crippen molar-refractivity contribution in [2.75, 3.05) is 0 Å². The van der Waals surface area contributed by atoms with Crippen LogP contribution in [0.15, 0.2) is 212 Å². The molecular formula is C58H38N2S. The Hall–Kier alpha value is -7.46. The molecule has 3 heteroatoms. The van der Waals surface area contributed by atoms with Crippen molar-refractivity contribution in [3.05, 3.63) is 229 Å². The summed E-state index contributed by atoms with van der Waals surface area (Å²) >= 11 is 1.87. The van der Waals surface area contributed by atoms with Crippen LogP contribution in [0.5, 0.6) is 0 Å². The highest BCUT2D eigenvalue weighted by Crippen LogP contribution is 2.55. The lowest BCUT2D eigenvalue weighted by Crippen LogP contribution is -2.22. The zero-order valence-corrected chi connectivity index (χ0v) is 34.3. The van der Waals surface area contributed by atoms with Crippen LogP contribution in [0, 0.1) is 0 Å². The molecule has 0 aliphatic heterocycles. The van der Waals surface area contributed by atoms with Crippen LogP contribution >= 0.6 is 11.3 Å². The van der Waals surface area contributed by atoms with E-state index in [2.05, 4.69) is 213 Å². The molecule has 1 atom stereocenters. The summed E-state index contributed by atoms with van der Waals surface area (Å²) in [6.45, 7) is 2.37. The van der Waals surface area contributed by atoms with Gasteiger partial charge in [-0.15, -0.1) is 11.3 Å². The Morgan fingerprint density at radius 3 is 1.80 bits per heavy atom. The lowest BCUT2D eigenvalue weighted by molar-refractivity contribution is 0.714. The first kappa shape index (κ1) is 35.5. The summed E-state index contributed by atoms with van der Waals surface area (Å²) in [5.74, 6) is 0.705. The predicted octanol–water partition coefficient (Wildman–Crippen LogP) is 15.7. The Kier molecular flexibility index (Phi) is 8.19. The van der Waals surface area contributed by atoms with E-state index < -0.39 is 0 Å². The standard InChI is InChI=1S/C58H38N2S/c1-58(43-25-9-4-10-26-43)48-29-14-13-27-45(48)55-46(28-16-30-49(55)58)51-36-50(59-57(60-51)38-19-7-3-8-20-38)42-24-15-23-41(33-42)44-31-32-52-56(54(44)37-17-5-2-6-18-37)47-34-39-21-11-12-22-40(39)35-53(47)61-52/h2-36H,1H3. The van der Waals surface area contributed by atoms with Gasteiger partial charge in [0.2, 0.25) is 0 Å². The summed E-state index contributed by atoms with van der Waals surface area (Å²) in [5.41, 5.74) is 15.8. The highest BCUT2D eigenvalue weighted by atomic mass is 32.1. The van der Waals surface area contributed by atoms with Gasteiger partial charge in [-0.2, -0.15) is 0 Å². The second-order valence-electron chi connectivity index (χ2n) is 16.2. The molecular weight excluding hydrogens is 757 g/mol. The van der Waals surface area contributed by atoms with Gasteiger partial charge in [0, 0.05) is 42.3 Å². The summed E-state index contributed by atoms with van der Waals surface area (Å²) in [6.07, 6.45) is 0. The zero-order valence-electron chi connectivity index (χ0n) is 33.5. The lowest BCUT2D eigenvalue weighted by Gasteiger charge is -2.28. The van der Waals surface area contributed by atoms with Crippen molar-refractivity contribution in [1.82, 2.24) is 9.97 Å². The molecule has 0 fully saturated rings. The van der Waals surface area contributed by atoms with Gasteiger partial charge in [-0.1, -0.05) is 182 Å². The average Bonchev–Trinajstić information content (AvgIpc) is 3.83. The van der Waals surface area contributed by atoms with E-state index in [9.17, 15) is 0 Å². The summed E-state index contributed by atoms with van der Waals surface area (Å²) in [7, 11) is 0. The van der Waals surface area contributed by atoms with E-state index in [4.69, 9.17) is 9.97 Å². The van der Waals surface area contributed by atoms with Crippen LogP contribution in [0.3, 0.4) is 0 Å². The number of hydrogen-bond acceptors (Lipinski definition) is 3. The van der Waals surface area contributed by atoms with Crippen molar-refractivity contribution in [3.63, 3.8) is 0 Å². The van der Waals surface area contributed by atoms with E-state index in [1.165, 1.54) is 75.5 Å². The minimum Gasteiger partial charge on any atom is -0.228 e. The van der Waals surface area contributed by atoms with E-state index in [1.54, 1.807) is 0 Å². The van der Waals surface area contributed by atoms with Gasteiger partial charge >= 0.3 is 0 Å². The Labute approximate surface area is 359 Å². The predicted molar refractivity (Wildman–Crippen MR) is 257 cm³/mol. The highest BCUT2D eigenvalue weighted by molar-refractivity contribution is 7.26. The minimum absolute atomic E-state index is 0.311. The van der Waals surface area contributed by atoms with Crippen molar-refractivity contribution in [3.8, 4) is 67.3 Å². The van der Waals surface area contributed by atoms with Crippen LogP contribution in [0.1, 0.15) is 23.6 Å². The Morgan fingerprint density at radius 2 is 1.00 bits per heavy atom. The summed E-state index contributed by atoms with van der Waals surface area (Å²) in [5, 5.41) is 5.12. The summed E-state index contributed by atoms with van der Waals surface area (Å²) < 4.78 is 2.59. The van der Waals surface area contributed by atoms with Gasteiger partial charge in [0.25, 0.3) is 0 Å². The van der Waals surface area contributed by atoms with Gasteiger partial charge in [0.15, 0.2) is 5.82 Å². The molecule has 9 aromatic carbocycles. The van der Waals surface area contributed by atoms with E-state index in [0.717, 1.165) is 33.6 Å². The fourth-order valence-corrected chi connectivity index (χ4v) is 11.0. The van der Waals surface area contributed by atoms with Crippen molar-refractivity contribution >= 4 is 42.3 Å². The van der Waals surface area contributed by atoms with Crippen molar-refractivity contribution < 1.29 is 0 Å².